The van der Waals surface area contributed by atoms with Gasteiger partial charge in [0.05, 0.1) is 11.4 Å². The van der Waals surface area contributed by atoms with Crippen molar-refractivity contribution in [3.8, 4) is 5.69 Å². The molecule has 0 bridgehead atoms. The van der Waals surface area contributed by atoms with Gasteiger partial charge in [0.25, 0.3) is 0 Å². The number of para-hydroxylation sites is 1. The molecular formula is C12H15IN4. The van der Waals surface area contributed by atoms with Gasteiger partial charge in [0.2, 0.25) is 0 Å². The lowest BCUT2D eigenvalue weighted by Crippen LogP contribution is -2.19. The van der Waals surface area contributed by atoms with E-state index in [1.165, 1.54) is 0 Å². The third-order valence-corrected chi connectivity index (χ3v) is 3.40. The first kappa shape index (κ1) is 12.3. The van der Waals surface area contributed by atoms with Crippen molar-refractivity contribution < 1.29 is 0 Å². The van der Waals surface area contributed by atoms with Gasteiger partial charge in [-0.1, -0.05) is 38.1 Å². The molecule has 1 aromatic carbocycles. The van der Waals surface area contributed by atoms with Gasteiger partial charge in [-0.3, -0.25) is 0 Å². The van der Waals surface area contributed by atoms with Crippen LogP contribution < -0.4 is 5.73 Å². The van der Waals surface area contributed by atoms with E-state index in [-0.39, 0.29) is 5.41 Å². The van der Waals surface area contributed by atoms with Crippen molar-refractivity contribution in [1.82, 2.24) is 15.0 Å². The molecule has 0 fully saturated rings. The van der Waals surface area contributed by atoms with Crippen LogP contribution >= 0.6 is 22.6 Å². The Labute approximate surface area is 114 Å². The Morgan fingerprint density at radius 2 is 1.88 bits per heavy atom. The molecule has 0 saturated carbocycles. The molecule has 0 aliphatic heterocycles. The number of anilines is 1. The summed E-state index contributed by atoms with van der Waals surface area (Å²) < 4.78 is 2.96. The highest BCUT2D eigenvalue weighted by molar-refractivity contribution is 14.1. The molecule has 5 heteroatoms. The Morgan fingerprint density at radius 3 is 2.47 bits per heavy atom. The van der Waals surface area contributed by atoms with Crippen molar-refractivity contribution in [2.24, 2.45) is 0 Å². The molecule has 0 radical (unpaired) electrons. The van der Waals surface area contributed by atoms with Gasteiger partial charge in [-0.2, -0.15) is 0 Å². The van der Waals surface area contributed by atoms with Crippen LogP contribution in [0.3, 0.4) is 0 Å². The lowest BCUT2D eigenvalue weighted by Gasteiger charge is -2.20. The summed E-state index contributed by atoms with van der Waals surface area (Å²) >= 11 is 2.29. The molecule has 0 aliphatic rings. The molecule has 1 aromatic heterocycles. The Bertz CT molecular complexity index is 540. The number of hydrogen-bond acceptors (Lipinski definition) is 3. The number of nitrogens with zero attached hydrogens (tertiary/aromatic N) is 3. The molecule has 0 saturated heterocycles. The minimum atomic E-state index is -0.0908. The highest BCUT2D eigenvalue weighted by Gasteiger charge is 2.25. The number of benzene rings is 1. The van der Waals surface area contributed by atoms with Gasteiger partial charge in [0.1, 0.15) is 0 Å². The van der Waals surface area contributed by atoms with Crippen LogP contribution in [0, 0.1) is 3.57 Å². The number of halogens is 1. The van der Waals surface area contributed by atoms with E-state index in [2.05, 4.69) is 53.7 Å². The number of aromatic nitrogens is 3. The van der Waals surface area contributed by atoms with Crippen LogP contribution in [0.25, 0.3) is 5.69 Å². The summed E-state index contributed by atoms with van der Waals surface area (Å²) in [5.74, 6) is 0.497. The SMILES string of the molecule is CC(C)(C)c1c(N)nnn1-c1ccccc1I. The normalized spacial score (nSPS) is 11.8. The summed E-state index contributed by atoms with van der Waals surface area (Å²) in [4.78, 5) is 0. The van der Waals surface area contributed by atoms with Gasteiger partial charge >= 0.3 is 0 Å². The van der Waals surface area contributed by atoms with E-state index in [0.717, 1.165) is 15.0 Å². The van der Waals surface area contributed by atoms with Crippen molar-refractivity contribution >= 4 is 28.4 Å². The number of nitrogen functional groups attached to an aromatic ring is 1. The highest BCUT2D eigenvalue weighted by atomic mass is 127. The van der Waals surface area contributed by atoms with Crippen LogP contribution in [0.4, 0.5) is 5.82 Å². The molecule has 0 aliphatic carbocycles. The molecule has 4 nitrogen and oxygen atoms in total. The Morgan fingerprint density at radius 1 is 1.24 bits per heavy atom. The minimum absolute atomic E-state index is 0.0908. The van der Waals surface area contributed by atoms with E-state index in [1.807, 2.05) is 28.9 Å². The predicted octanol–water partition coefficient (Wildman–Crippen LogP) is 2.75. The number of hydrogen-bond donors (Lipinski definition) is 1. The van der Waals surface area contributed by atoms with Crippen molar-refractivity contribution in [1.29, 1.82) is 0 Å². The van der Waals surface area contributed by atoms with Crippen LogP contribution in [0.5, 0.6) is 0 Å². The summed E-state index contributed by atoms with van der Waals surface area (Å²) in [6.45, 7) is 6.32. The van der Waals surface area contributed by atoms with Gasteiger partial charge in [-0.05, 0) is 34.7 Å². The third kappa shape index (κ3) is 2.29. The molecule has 2 N–H and O–H groups in total. The lowest BCUT2D eigenvalue weighted by molar-refractivity contribution is 0.544. The van der Waals surface area contributed by atoms with E-state index in [1.54, 1.807) is 0 Å². The smallest absolute Gasteiger partial charge is 0.170 e. The first-order valence-electron chi connectivity index (χ1n) is 5.38. The van der Waals surface area contributed by atoms with Gasteiger partial charge in [-0.15, -0.1) is 5.10 Å². The van der Waals surface area contributed by atoms with Crippen molar-refractivity contribution in [3.63, 3.8) is 0 Å². The Kier molecular flexibility index (Phi) is 3.11. The molecular weight excluding hydrogens is 327 g/mol. The van der Waals surface area contributed by atoms with Crippen molar-refractivity contribution in [2.75, 3.05) is 5.73 Å². The molecule has 1 heterocycles. The first-order valence-corrected chi connectivity index (χ1v) is 6.45. The van der Waals surface area contributed by atoms with E-state index in [9.17, 15) is 0 Å². The molecule has 2 aromatic rings. The maximum atomic E-state index is 5.92. The molecule has 0 amide bonds. The summed E-state index contributed by atoms with van der Waals surface area (Å²) in [5, 5.41) is 8.14. The third-order valence-electron chi connectivity index (χ3n) is 2.49. The van der Waals surface area contributed by atoms with Gasteiger partial charge in [0.15, 0.2) is 5.82 Å². The number of rotatable bonds is 1. The van der Waals surface area contributed by atoms with Crippen LogP contribution in [0.15, 0.2) is 24.3 Å². The molecule has 2 rings (SSSR count). The summed E-state index contributed by atoms with van der Waals surface area (Å²) in [6, 6.07) is 8.05. The van der Waals surface area contributed by atoms with E-state index < -0.39 is 0 Å². The van der Waals surface area contributed by atoms with Gasteiger partial charge in [0, 0.05) is 8.99 Å². The summed E-state index contributed by atoms with van der Waals surface area (Å²) in [7, 11) is 0. The quantitative estimate of drug-likeness (QED) is 0.811. The lowest BCUT2D eigenvalue weighted by atomic mass is 9.91. The summed E-state index contributed by atoms with van der Waals surface area (Å²) in [6.07, 6.45) is 0. The predicted molar refractivity (Wildman–Crippen MR) is 77.2 cm³/mol. The fourth-order valence-corrected chi connectivity index (χ4v) is 2.40. The van der Waals surface area contributed by atoms with E-state index >= 15 is 0 Å². The van der Waals surface area contributed by atoms with Gasteiger partial charge < -0.3 is 5.73 Å². The standard InChI is InChI=1S/C12H15IN4/c1-12(2,3)10-11(14)15-16-17(10)9-7-5-4-6-8(9)13/h4-7H,14H2,1-3H3. The zero-order valence-corrected chi connectivity index (χ0v) is 12.3. The monoisotopic (exact) mass is 342 g/mol. The van der Waals surface area contributed by atoms with Gasteiger partial charge in [-0.25, -0.2) is 4.68 Å². The average molecular weight is 342 g/mol. The summed E-state index contributed by atoms with van der Waals surface area (Å²) in [5.41, 5.74) is 7.79. The highest BCUT2D eigenvalue weighted by Crippen LogP contribution is 2.29. The van der Waals surface area contributed by atoms with Crippen LogP contribution in [-0.4, -0.2) is 15.0 Å². The molecule has 90 valence electrons. The Balaban J connectivity index is 2.66. The van der Waals surface area contributed by atoms with Crippen LogP contribution in [0.1, 0.15) is 26.5 Å². The zero-order valence-electron chi connectivity index (χ0n) is 10.1. The van der Waals surface area contributed by atoms with Crippen LogP contribution in [0.2, 0.25) is 0 Å². The maximum absolute atomic E-state index is 5.92. The van der Waals surface area contributed by atoms with Crippen molar-refractivity contribution in [3.05, 3.63) is 33.5 Å². The fourth-order valence-electron chi connectivity index (χ4n) is 1.79. The molecule has 17 heavy (non-hydrogen) atoms. The molecule has 0 unspecified atom stereocenters. The zero-order chi connectivity index (χ0) is 12.6. The average Bonchev–Trinajstić information content (AvgIpc) is 2.60. The fraction of sp³-hybridized carbons (Fsp3) is 0.333. The molecule has 0 spiro atoms. The second-order valence-corrected chi connectivity index (χ2v) is 6.10. The topological polar surface area (TPSA) is 56.7 Å². The maximum Gasteiger partial charge on any atom is 0.170 e. The van der Waals surface area contributed by atoms with E-state index in [4.69, 9.17) is 5.73 Å². The first-order chi connectivity index (χ1) is 7.91. The Hall–Kier alpha value is -1.11. The second-order valence-electron chi connectivity index (χ2n) is 4.94. The van der Waals surface area contributed by atoms with E-state index in [0.29, 0.717) is 5.82 Å². The number of nitrogens with two attached hydrogens (primary N) is 1. The minimum Gasteiger partial charge on any atom is -0.381 e. The van der Waals surface area contributed by atoms with Crippen LogP contribution in [-0.2, 0) is 5.41 Å². The van der Waals surface area contributed by atoms with Crippen molar-refractivity contribution in [2.45, 2.75) is 26.2 Å². The largest absolute Gasteiger partial charge is 0.381 e. The second kappa shape index (κ2) is 4.29. The molecule has 0 atom stereocenters.